The first-order valence-electron chi connectivity index (χ1n) is 7.74. The molecule has 7 heteroatoms. The monoisotopic (exact) mass is 362 g/mol. The molecule has 1 aromatic carbocycles. The second-order valence-electron chi connectivity index (χ2n) is 5.65. The number of ether oxygens (including phenoxy) is 1. The van der Waals surface area contributed by atoms with Crippen LogP contribution in [0.3, 0.4) is 0 Å². The zero-order chi connectivity index (χ0) is 17.0. The van der Waals surface area contributed by atoms with Crippen LogP contribution < -0.4 is 0 Å². The molecule has 1 aliphatic heterocycles. The summed E-state index contributed by atoms with van der Waals surface area (Å²) in [5.41, 5.74) is 0.442. The molecule has 0 radical (unpaired) electrons. The van der Waals surface area contributed by atoms with Gasteiger partial charge in [0.15, 0.2) is 0 Å². The van der Waals surface area contributed by atoms with Gasteiger partial charge in [0.1, 0.15) is 0 Å². The maximum Gasteiger partial charge on any atom is 0.243 e. The summed E-state index contributed by atoms with van der Waals surface area (Å²) in [7, 11) is -3.64. The van der Waals surface area contributed by atoms with Crippen LogP contribution in [-0.2, 0) is 21.3 Å². The highest BCUT2D eigenvalue weighted by Gasteiger charge is 2.29. The van der Waals surface area contributed by atoms with Crippen LogP contribution >= 0.6 is 11.3 Å². The number of benzene rings is 1. The van der Waals surface area contributed by atoms with Crippen molar-refractivity contribution in [3.05, 3.63) is 52.2 Å². The number of nitriles is 1. The fourth-order valence-corrected chi connectivity index (χ4v) is 4.94. The van der Waals surface area contributed by atoms with Gasteiger partial charge in [-0.25, -0.2) is 8.42 Å². The van der Waals surface area contributed by atoms with Gasteiger partial charge in [-0.1, -0.05) is 6.07 Å². The lowest BCUT2D eigenvalue weighted by Gasteiger charge is -2.24. The molecule has 1 saturated heterocycles. The molecule has 0 bridgehead atoms. The second kappa shape index (κ2) is 7.45. The quantitative estimate of drug-likeness (QED) is 0.792. The van der Waals surface area contributed by atoms with Gasteiger partial charge in [-0.2, -0.15) is 9.57 Å². The van der Waals surface area contributed by atoms with Crippen molar-refractivity contribution in [2.24, 2.45) is 0 Å². The van der Waals surface area contributed by atoms with E-state index in [1.807, 2.05) is 23.6 Å². The molecule has 1 aromatic heterocycles. The zero-order valence-corrected chi connectivity index (χ0v) is 14.7. The normalized spacial score (nSPS) is 17.9. The summed E-state index contributed by atoms with van der Waals surface area (Å²) in [5.74, 6) is 0. The molecule has 0 amide bonds. The van der Waals surface area contributed by atoms with Crippen LogP contribution in [0.2, 0.25) is 0 Å². The molecule has 3 rings (SSSR count). The molecular formula is C17H18N2O3S2. The summed E-state index contributed by atoms with van der Waals surface area (Å²) in [6.45, 7) is 1.37. The van der Waals surface area contributed by atoms with E-state index in [2.05, 4.69) is 0 Å². The summed E-state index contributed by atoms with van der Waals surface area (Å²) in [6.07, 6.45) is 1.79. The molecule has 24 heavy (non-hydrogen) atoms. The van der Waals surface area contributed by atoms with Crippen molar-refractivity contribution < 1.29 is 13.2 Å². The van der Waals surface area contributed by atoms with Gasteiger partial charge >= 0.3 is 0 Å². The van der Waals surface area contributed by atoms with Gasteiger partial charge in [0.2, 0.25) is 10.0 Å². The van der Waals surface area contributed by atoms with Crippen LogP contribution in [0.1, 0.15) is 23.3 Å². The number of hydrogen-bond acceptors (Lipinski definition) is 5. The maximum atomic E-state index is 13.0. The average Bonchev–Trinajstić information content (AvgIpc) is 3.28. The SMILES string of the molecule is N#Cc1ccc(S(=O)(=O)N(Cc2cccs2)CC2CCCO2)cc1. The van der Waals surface area contributed by atoms with Crippen molar-refractivity contribution in [2.75, 3.05) is 13.2 Å². The number of nitrogens with zero attached hydrogens (tertiary/aromatic N) is 2. The predicted octanol–water partition coefficient (Wildman–Crippen LogP) is 2.99. The minimum absolute atomic E-state index is 0.0573. The van der Waals surface area contributed by atoms with E-state index in [-0.39, 0.29) is 11.0 Å². The second-order valence-corrected chi connectivity index (χ2v) is 8.62. The topological polar surface area (TPSA) is 70.4 Å². The van der Waals surface area contributed by atoms with Crippen molar-refractivity contribution in [3.63, 3.8) is 0 Å². The van der Waals surface area contributed by atoms with E-state index < -0.39 is 10.0 Å². The van der Waals surface area contributed by atoms with E-state index in [4.69, 9.17) is 10.00 Å². The molecule has 1 aliphatic rings. The van der Waals surface area contributed by atoms with Crippen molar-refractivity contribution >= 4 is 21.4 Å². The van der Waals surface area contributed by atoms with Crippen molar-refractivity contribution in [3.8, 4) is 6.07 Å². The molecule has 0 saturated carbocycles. The van der Waals surface area contributed by atoms with Gasteiger partial charge in [-0.15, -0.1) is 11.3 Å². The molecule has 1 fully saturated rings. The lowest BCUT2D eigenvalue weighted by atomic mass is 10.2. The van der Waals surface area contributed by atoms with Gasteiger partial charge in [-0.3, -0.25) is 0 Å². The smallest absolute Gasteiger partial charge is 0.243 e. The Hall–Kier alpha value is -1.72. The van der Waals surface area contributed by atoms with Crippen LogP contribution in [0.4, 0.5) is 0 Å². The van der Waals surface area contributed by atoms with Crippen LogP contribution in [-0.4, -0.2) is 32.0 Å². The molecule has 1 atom stereocenters. The largest absolute Gasteiger partial charge is 0.377 e. The molecule has 0 N–H and O–H groups in total. The Morgan fingerprint density at radius 1 is 1.29 bits per heavy atom. The Kier molecular flexibility index (Phi) is 5.31. The molecule has 0 aliphatic carbocycles. The van der Waals surface area contributed by atoms with Crippen LogP contribution in [0.25, 0.3) is 0 Å². The summed E-state index contributed by atoms with van der Waals surface area (Å²) in [5, 5.41) is 10.8. The van der Waals surface area contributed by atoms with Gasteiger partial charge in [0, 0.05) is 24.6 Å². The van der Waals surface area contributed by atoms with Gasteiger partial charge in [0.25, 0.3) is 0 Å². The van der Waals surface area contributed by atoms with E-state index in [0.29, 0.717) is 25.3 Å². The first kappa shape index (κ1) is 17.1. The summed E-state index contributed by atoms with van der Waals surface area (Å²) < 4.78 is 33.2. The summed E-state index contributed by atoms with van der Waals surface area (Å²) >= 11 is 1.54. The Morgan fingerprint density at radius 3 is 2.67 bits per heavy atom. The van der Waals surface area contributed by atoms with Crippen molar-refractivity contribution in [1.29, 1.82) is 5.26 Å². The number of rotatable bonds is 6. The lowest BCUT2D eigenvalue weighted by Crippen LogP contribution is -2.36. The first-order valence-corrected chi connectivity index (χ1v) is 10.1. The first-order chi connectivity index (χ1) is 11.6. The van der Waals surface area contributed by atoms with E-state index >= 15 is 0 Å². The van der Waals surface area contributed by atoms with Gasteiger partial charge in [0.05, 0.1) is 22.6 Å². The standard InChI is InChI=1S/C17H18N2O3S2/c18-11-14-5-7-17(8-6-14)24(20,21)19(12-15-3-1-9-22-15)13-16-4-2-10-23-16/h2,4-8,10,15H,1,3,9,12-13H2. The van der Waals surface area contributed by atoms with Crippen molar-refractivity contribution in [1.82, 2.24) is 4.31 Å². The predicted molar refractivity (Wildman–Crippen MR) is 92.0 cm³/mol. The molecular weight excluding hydrogens is 344 g/mol. The molecule has 0 spiro atoms. The Balaban J connectivity index is 1.87. The fourth-order valence-electron chi connectivity index (χ4n) is 2.69. The number of hydrogen-bond donors (Lipinski definition) is 0. The summed E-state index contributed by atoms with van der Waals surface area (Å²) in [4.78, 5) is 1.20. The molecule has 5 nitrogen and oxygen atoms in total. The highest BCUT2D eigenvalue weighted by molar-refractivity contribution is 7.89. The van der Waals surface area contributed by atoms with Gasteiger partial charge in [-0.05, 0) is 48.6 Å². The molecule has 2 aromatic rings. The Morgan fingerprint density at radius 2 is 2.08 bits per heavy atom. The summed E-state index contributed by atoms with van der Waals surface area (Å²) in [6, 6.07) is 11.9. The molecule has 2 heterocycles. The zero-order valence-electron chi connectivity index (χ0n) is 13.1. The van der Waals surface area contributed by atoms with Gasteiger partial charge < -0.3 is 4.74 Å². The highest BCUT2D eigenvalue weighted by atomic mass is 32.2. The number of thiophene rings is 1. The Bertz CT molecular complexity index is 803. The minimum Gasteiger partial charge on any atom is -0.377 e. The van der Waals surface area contributed by atoms with E-state index in [9.17, 15) is 8.42 Å². The third kappa shape index (κ3) is 3.84. The van der Waals surface area contributed by atoms with E-state index in [1.54, 1.807) is 0 Å². The van der Waals surface area contributed by atoms with E-state index in [0.717, 1.165) is 17.7 Å². The Labute approximate surface area is 146 Å². The third-order valence-corrected chi connectivity index (χ3v) is 6.65. The fraction of sp³-hybridized carbons (Fsp3) is 0.353. The average molecular weight is 362 g/mol. The third-order valence-electron chi connectivity index (χ3n) is 3.96. The van der Waals surface area contributed by atoms with Crippen molar-refractivity contribution in [2.45, 2.75) is 30.4 Å². The number of sulfonamides is 1. The van der Waals surface area contributed by atoms with Crippen LogP contribution in [0, 0.1) is 11.3 Å². The lowest BCUT2D eigenvalue weighted by molar-refractivity contribution is 0.0927. The van der Waals surface area contributed by atoms with Crippen LogP contribution in [0.15, 0.2) is 46.7 Å². The molecule has 1 unspecified atom stereocenters. The highest BCUT2D eigenvalue weighted by Crippen LogP contribution is 2.24. The minimum atomic E-state index is -3.64. The maximum absolute atomic E-state index is 13.0. The molecule has 126 valence electrons. The van der Waals surface area contributed by atoms with E-state index in [1.165, 1.54) is 39.9 Å². The van der Waals surface area contributed by atoms with Crippen LogP contribution in [0.5, 0.6) is 0 Å².